The number of nitrogens with zero attached hydrogens (tertiary/aromatic N) is 1. The number of sulfonamides is 1. The molecule has 0 heterocycles. The molecular weight excluding hydrogens is 386 g/mol. The lowest BCUT2D eigenvalue weighted by Gasteiger charge is -2.18. The van der Waals surface area contributed by atoms with E-state index in [-0.39, 0.29) is 29.6 Å². The van der Waals surface area contributed by atoms with E-state index < -0.39 is 19.9 Å². The van der Waals surface area contributed by atoms with Crippen LogP contribution in [0.25, 0.3) is 0 Å². The van der Waals surface area contributed by atoms with Gasteiger partial charge in [-0.1, -0.05) is 31.2 Å². The molecule has 0 radical (unpaired) electrons. The Morgan fingerprint density at radius 3 is 2.19 bits per heavy atom. The quantitative estimate of drug-likeness (QED) is 0.634. The highest BCUT2D eigenvalue weighted by Gasteiger charge is 2.21. The van der Waals surface area contributed by atoms with Gasteiger partial charge in [-0.15, -0.1) is 0 Å². The summed E-state index contributed by atoms with van der Waals surface area (Å²) < 4.78 is 55.1. The van der Waals surface area contributed by atoms with Crippen molar-refractivity contribution < 1.29 is 21.6 Å². The molecule has 8 heteroatoms. The molecule has 6 nitrogen and oxygen atoms in total. The van der Waals surface area contributed by atoms with Crippen molar-refractivity contribution >= 4 is 19.9 Å². The van der Waals surface area contributed by atoms with Crippen molar-refractivity contribution in [3.63, 3.8) is 0 Å². The van der Waals surface area contributed by atoms with Crippen molar-refractivity contribution in [3.05, 3.63) is 59.7 Å². The molecule has 0 N–H and O–H groups in total. The van der Waals surface area contributed by atoms with Crippen LogP contribution in [0, 0.1) is 6.92 Å². The van der Waals surface area contributed by atoms with Gasteiger partial charge in [0.25, 0.3) is 0 Å². The minimum absolute atomic E-state index is 0.0372. The lowest BCUT2D eigenvalue weighted by atomic mass is 10.1. The van der Waals surface area contributed by atoms with Crippen LogP contribution in [0.5, 0.6) is 5.75 Å². The minimum Gasteiger partial charge on any atom is -0.493 e. The summed E-state index contributed by atoms with van der Waals surface area (Å²) in [6.45, 7) is 3.85. The van der Waals surface area contributed by atoms with Gasteiger partial charge in [0.2, 0.25) is 10.0 Å². The number of hydrogen-bond acceptors (Lipinski definition) is 5. The topological polar surface area (TPSA) is 80.8 Å². The monoisotopic (exact) mass is 411 g/mol. The Hall–Kier alpha value is -1.90. The minimum atomic E-state index is -3.64. The average Bonchev–Trinajstić information content (AvgIpc) is 2.64. The molecule has 0 saturated carbocycles. The van der Waals surface area contributed by atoms with E-state index in [4.69, 9.17) is 4.74 Å². The van der Waals surface area contributed by atoms with Crippen LogP contribution < -0.4 is 4.74 Å². The van der Waals surface area contributed by atoms with Crippen molar-refractivity contribution in [2.24, 2.45) is 0 Å². The number of rotatable bonds is 9. The second-order valence-corrected chi connectivity index (χ2v) is 10.8. The number of sulfone groups is 1. The van der Waals surface area contributed by atoms with E-state index in [9.17, 15) is 16.8 Å². The van der Waals surface area contributed by atoms with Gasteiger partial charge in [0.05, 0.1) is 10.6 Å². The van der Waals surface area contributed by atoms with Gasteiger partial charge in [0, 0.05) is 19.3 Å². The third-order valence-electron chi connectivity index (χ3n) is 4.29. The van der Waals surface area contributed by atoms with Gasteiger partial charge in [-0.2, -0.15) is 4.31 Å². The van der Waals surface area contributed by atoms with E-state index in [0.29, 0.717) is 5.75 Å². The Morgan fingerprint density at radius 1 is 0.963 bits per heavy atom. The predicted octanol–water partition coefficient (Wildman–Crippen LogP) is 2.63. The Kier molecular flexibility index (Phi) is 7.02. The van der Waals surface area contributed by atoms with E-state index in [0.717, 1.165) is 11.1 Å². The smallest absolute Gasteiger partial charge is 0.243 e. The Balaban J connectivity index is 2.05. The fourth-order valence-corrected chi connectivity index (χ4v) is 4.21. The first kappa shape index (κ1) is 21.4. The molecule has 2 aromatic rings. The fourth-order valence-electron chi connectivity index (χ4n) is 2.43. The molecule has 2 aromatic carbocycles. The lowest BCUT2D eigenvalue weighted by Crippen LogP contribution is -2.26. The molecule has 2 rings (SSSR count). The molecule has 0 aromatic heterocycles. The first-order chi connectivity index (χ1) is 12.7. The van der Waals surface area contributed by atoms with Gasteiger partial charge in [-0.3, -0.25) is 0 Å². The molecule has 0 aliphatic rings. The largest absolute Gasteiger partial charge is 0.493 e. The maximum Gasteiger partial charge on any atom is 0.243 e. The van der Waals surface area contributed by atoms with Crippen LogP contribution >= 0.6 is 0 Å². The first-order valence-electron chi connectivity index (χ1n) is 8.60. The van der Waals surface area contributed by atoms with E-state index in [1.54, 1.807) is 14.0 Å². The van der Waals surface area contributed by atoms with Crippen LogP contribution in [0.3, 0.4) is 0 Å². The summed E-state index contributed by atoms with van der Waals surface area (Å²) in [4.78, 5) is 0.159. The zero-order chi connectivity index (χ0) is 20.1. The number of ether oxygens (including phenoxy) is 1. The highest BCUT2D eigenvalue weighted by molar-refractivity contribution is 7.91. The summed E-state index contributed by atoms with van der Waals surface area (Å²) in [5.41, 5.74) is 1.98. The standard InChI is InChI=1S/C19H25NO5S2/c1-4-26(21,22)14-13-25-18-9-11-19(12-10-18)27(23,24)20(3)15-17-8-6-5-7-16(17)2/h5-12H,4,13-15H2,1-3H3. The summed E-state index contributed by atoms with van der Waals surface area (Å²) in [6, 6.07) is 13.6. The average molecular weight is 412 g/mol. The van der Waals surface area contributed by atoms with Crippen molar-refractivity contribution in [1.82, 2.24) is 4.31 Å². The van der Waals surface area contributed by atoms with Gasteiger partial charge < -0.3 is 4.74 Å². The molecule has 0 fully saturated rings. The van der Waals surface area contributed by atoms with Crippen molar-refractivity contribution in [2.75, 3.05) is 25.2 Å². The van der Waals surface area contributed by atoms with E-state index >= 15 is 0 Å². The Labute approximate surface area is 161 Å². The van der Waals surface area contributed by atoms with Crippen LogP contribution in [0.4, 0.5) is 0 Å². The Bertz CT molecular complexity index is 967. The second kappa shape index (κ2) is 8.86. The van der Waals surface area contributed by atoms with E-state index in [2.05, 4.69) is 0 Å². The normalized spacial score (nSPS) is 12.3. The number of hydrogen-bond donors (Lipinski definition) is 0. The molecule has 0 atom stereocenters. The van der Waals surface area contributed by atoms with Crippen molar-refractivity contribution in [1.29, 1.82) is 0 Å². The predicted molar refractivity (Wildman–Crippen MR) is 106 cm³/mol. The molecule has 0 spiro atoms. The zero-order valence-corrected chi connectivity index (χ0v) is 17.4. The third-order valence-corrected chi connectivity index (χ3v) is 7.78. The summed E-state index contributed by atoms with van der Waals surface area (Å²) in [7, 11) is -5.19. The van der Waals surface area contributed by atoms with Crippen LogP contribution in [0.2, 0.25) is 0 Å². The van der Waals surface area contributed by atoms with Crippen LogP contribution in [0.15, 0.2) is 53.4 Å². The SMILES string of the molecule is CCS(=O)(=O)CCOc1ccc(S(=O)(=O)N(C)Cc2ccccc2C)cc1. The second-order valence-electron chi connectivity index (χ2n) is 6.24. The van der Waals surface area contributed by atoms with Gasteiger partial charge >= 0.3 is 0 Å². The molecule has 0 aliphatic carbocycles. The summed E-state index contributed by atoms with van der Waals surface area (Å²) in [5, 5.41) is 0. The molecule has 0 unspecified atom stereocenters. The molecule has 0 amide bonds. The molecular formula is C19H25NO5S2. The highest BCUT2D eigenvalue weighted by Crippen LogP contribution is 2.21. The van der Waals surface area contributed by atoms with E-state index in [1.807, 2.05) is 31.2 Å². The van der Waals surface area contributed by atoms with Crippen LogP contribution in [-0.2, 0) is 26.4 Å². The maximum atomic E-state index is 12.7. The van der Waals surface area contributed by atoms with Gasteiger partial charge in [0.1, 0.15) is 12.4 Å². The molecule has 148 valence electrons. The first-order valence-corrected chi connectivity index (χ1v) is 11.9. The van der Waals surface area contributed by atoms with Gasteiger partial charge in [0.15, 0.2) is 9.84 Å². The number of benzene rings is 2. The molecule has 0 aliphatic heterocycles. The van der Waals surface area contributed by atoms with Crippen molar-refractivity contribution in [2.45, 2.75) is 25.3 Å². The maximum absolute atomic E-state index is 12.7. The van der Waals surface area contributed by atoms with Gasteiger partial charge in [-0.25, -0.2) is 16.8 Å². The summed E-state index contributed by atoms with van der Waals surface area (Å²) >= 11 is 0. The van der Waals surface area contributed by atoms with E-state index in [1.165, 1.54) is 28.6 Å². The molecule has 27 heavy (non-hydrogen) atoms. The number of aryl methyl sites for hydroxylation is 1. The molecule has 0 bridgehead atoms. The molecule has 0 saturated heterocycles. The summed E-state index contributed by atoms with van der Waals surface area (Å²) in [5.74, 6) is 0.436. The van der Waals surface area contributed by atoms with Crippen LogP contribution in [0.1, 0.15) is 18.1 Å². The Morgan fingerprint density at radius 2 is 1.59 bits per heavy atom. The van der Waals surface area contributed by atoms with Crippen molar-refractivity contribution in [3.8, 4) is 5.75 Å². The van der Waals surface area contributed by atoms with Crippen LogP contribution in [-0.4, -0.2) is 46.3 Å². The third kappa shape index (κ3) is 5.79. The van der Waals surface area contributed by atoms with Gasteiger partial charge in [-0.05, 0) is 42.3 Å². The highest BCUT2D eigenvalue weighted by atomic mass is 32.2. The fraction of sp³-hybridized carbons (Fsp3) is 0.368. The summed E-state index contributed by atoms with van der Waals surface area (Å²) in [6.07, 6.45) is 0. The lowest BCUT2D eigenvalue weighted by molar-refractivity contribution is 0.340. The zero-order valence-electron chi connectivity index (χ0n) is 15.8.